The number of carbonyl (C=O) groups is 2. The molecular formula is C32H41N3O6S. The molecule has 226 valence electrons. The number of ether oxygens (including phenoxy) is 2. The first-order chi connectivity index (χ1) is 20.1. The SMILES string of the molecule is CCOc1ccc(S(=O)(=O)N(CC(=O)N(Cc2cccc(OC)c2)[C@H](CC)C(=O)N[C@@H](C)CC)c2ccccc2)cc1. The van der Waals surface area contributed by atoms with Crippen LogP contribution in [0.1, 0.15) is 46.1 Å². The van der Waals surface area contributed by atoms with Crippen LogP contribution in [-0.2, 0) is 26.2 Å². The van der Waals surface area contributed by atoms with E-state index >= 15 is 0 Å². The molecule has 0 saturated heterocycles. The molecule has 2 amide bonds. The van der Waals surface area contributed by atoms with Crippen LogP contribution in [0.2, 0.25) is 0 Å². The van der Waals surface area contributed by atoms with Gasteiger partial charge in [0.25, 0.3) is 10.0 Å². The highest BCUT2D eigenvalue weighted by Gasteiger charge is 2.34. The zero-order valence-electron chi connectivity index (χ0n) is 24.9. The summed E-state index contributed by atoms with van der Waals surface area (Å²) in [6.45, 7) is 7.58. The average Bonchev–Trinajstić information content (AvgIpc) is 3.00. The normalized spacial score (nSPS) is 12.6. The van der Waals surface area contributed by atoms with E-state index < -0.39 is 28.5 Å². The maximum Gasteiger partial charge on any atom is 0.264 e. The third-order valence-corrected chi connectivity index (χ3v) is 8.71. The second kappa shape index (κ2) is 15.3. The van der Waals surface area contributed by atoms with E-state index in [1.54, 1.807) is 61.7 Å². The van der Waals surface area contributed by atoms with Gasteiger partial charge in [0.2, 0.25) is 11.8 Å². The van der Waals surface area contributed by atoms with Gasteiger partial charge in [0.1, 0.15) is 24.1 Å². The van der Waals surface area contributed by atoms with Crippen LogP contribution in [0, 0.1) is 0 Å². The molecule has 0 unspecified atom stereocenters. The molecule has 0 saturated carbocycles. The average molecular weight is 596 g/mol. The third-order valence-electron chi connectivity index (χ3n) is 6.92. The standard InChI is InChI=1S/C32H41N3O6S/c1-6-24(4)33-32(37)30(7-2)34(22-25-13-12-16-28(21-25)40-5)31(36)23-35(26-14-10-9-11-15-26)42(38,39)29-19-17-27(18-20-29)41-8-3/h9-21,24,30H,6-8,22-23H2,1-5H3,(H,33,37)/t24-,30+/m0/s1. The number of nitrogens with zero attached hydrogens (tertiary/aromatic N) is 2. The van der Waals surface area contributed by atoms with Crippen LogP contribution in [0.5, 0.6) is 11.5 Å². The summed E-state index contributed by atoms with van der Waals surface area (Å²) < 4.78 is 39.9. The van der Waals surface area contributed by atoms with E-state index in [2.05, 4.69) is 5.32 Å². The minimum absolute atomic E-state index is 0.0171. The van der Waals surface area contributed by atoms with E-state index in [9.17, 15) is 18.0 Å². The molecule has 42 heavy (non-hydrogen) atoms. The molecular weight excluding hydrogens is 554 g/mol. The van der Waals surface area contributed by atoms with E-state index in [0.717, 1.165) is 16.3 Å². The Kier molecular flexibility index (Phi) is 11.8. The molecule has 0 bridgehead atoms. The van der Waals surface area contributed by atoms with Crippen molar-refractivity contribution in [1.29, 1.82) is 0 Å². The summed E-state index contributed by atoms with van der Waals surface area (Å²) in [7, 11) is -2.61. The van der Waals surface area contributed by atoms with Crippen molar-refractivity contribution in [3.05, 3.63) is 84.4 Å². The van der Waals surface area contributed by atoms with Crippen molar-refractivity contribution in [2.24, 2.45) is 0 Å². The fourth-order valence-corrected chi connectivity index (χ4v) is 5.87. The van der Waals surface area contributed by atoms with E-state index in [1.807, 2.05) is 39.8 Å². The number of hydrogen-bond donors (Lipinski definition) is 1. The number of amides is 2. The number of para-hydroxylation sites is 1. The Morgan fingerprint density at radius 3 is 2.17 bits per heavy atom. The zero-order chi connectivity index (χ0) is 30.7. The lowest BCUT2D eigenvalue weighted by molar-refractivity contribution is -0.140. The van der Waals surface area contributed by atoms with Crippen LogP contribution in [0.15, 0.2) is 83.8 Å². The van der Waals surface area contributed by atoms with Gasteiger partial charge in [0, 0.05) is 12.6 Å². The number of carbonyl (C=O) groups excluding carboxylic acids is 2. The Morgan fingerprint density at radius 1 is 0.881 bits per heavy atom. The Morgan fingerprint density at radius 2 is 1.57 bits per heavy atom. The largest absolute Gasteiger partial charge is 0.497 e. The highest BCUT2D eigenvalue weighted by molar-refractivity contribution is 7.92. The van der Waals surface area contributed by atoms with Crippen LogP contribution in [0.4, 0.5) is 5.69 Å². The van der Waals surface area contributed by atoms with Gasteiger partial charge in [0.05, 0.1) is 24.3 Å². The van der Waals surface area contributed by atoms with E-state index in [-0.39, 0.29) is 23.4 Å². The summed E-state index contributed by atoms with van der Waals surface area (Å²) in [5.41, 5.74) is 1.08. The van der Waals surface area contributed by atoms with E-state index in [4.69, 9.17) is 9.47 Å². The number of rotatable bonds is 15. The second-order valence-corrected chi connectivity index (χ2v) is 11.7. The van der Waals surface area contributed by atoms with Crippen LogP contribution in [0.25, 0.3) is 0 Å². The first-order valence-corrected chi connectivity index (χ1v) is 15.6. The van der Waals surface area contributed by atoms with Gasteiger partial charge in [-0.3, -0.25) is 13.9 Å². The molecule has 0 heterocycles. The molecule has 0 spiro atoms. The Hall–Kier alpha value is -4.05. The fourth-order valence-electron chi connectivity index (χ4n) is 4.45. The van der Waals surface area contributed by atoms with Crippen LogP contribution in [-0.4, -0.2) is 57.5 Å². The summed E-state index contributed by atoms with van der Waals surface area (Å²) in [6.07, 6.45) is 1.07. The van der Waals surface area contributed by atoms with Crippen molar-refractivity contribution in [3.8, 4) is 11.5 Å². The Labute approximate surface area is 249 Å². The smallest absolute Gasteiger partial charge is 0.264 e. The topological polar surface area (TPSA) is 105 Å². The fraction of sp³-hybridized carbons (Fsp3) is 0.375. The molecule has 0 aliphatic rings. The second-order valence-electron chi connectivity index (χ2n) is 9.87. The summed E-state index contributed by atoms with van der Waals surface area (Å²) >= 11 is 0. The predicted octanol–water partition coefficient (Wildman–Crippen LogP) is 5.01. The summed E-state index contributed by atoms with van der Waals surface area (Å²) in [4.78, 5) is 29.0. The molecule has 3 aromatic carbocycles. The summed E-state index contributed by atoms with van der Waals surface area (Å²) in [6, 6.07) is 20.9. The minimum atomic E-state index is -4.16. The molecule has 1 N–H and O–H groups in total. The highest BCUT2D eigenvalue weighted by Crippen LogP contribution is 2.26. The quantitative estimate of drug-likeness (QED) is 0.265. The van der Waals surface area contributed by atoms with Crippen LogP contribution >= 0.6 is 0 Å². The number of nitrogens with one attached hydrogen (secondary N) is 1. The van der Waals surface area contributed by atoms with Crippen LogP contribution in [0.3, 0.4) is 0 Å². The maximum atomic E-state index is 14.2. The van der Waals surface area contributed by atoms with Gasteiger partial charge in [-0.2, -0.15) is 0 Å². The molecule has 0 aliphatic heterocycles. The van der Waals surface area contributed by atoms with Crippen molar-refractivity contribution in [2.45, 2.75) is 64.1 Å². The van der Waals surface area contributed by atoms with Gasteiger partial charge in [-0.25, -0.2) is 8.42 Å². The molecule has 0 radical (unpaired) electrons. The van der Waals surface area contributed by atoms with Gasteiger partial charge in [0.15, 0.2) is 0 Å². The monoisotopic (exact) mass is 595 g/mol. The lowest BCUT2D eigenvalue weighted by Crippen LogP contribution is -2.53. The summed E-state index contributed by atoms with van der Waals surface area (Å²) in [5.74, 6) is 0.355. The first kappa shape index (κ1) is 32.5. The van der Waals surface area contributed by atoms with Crippen molar-refractivity contribution < 1.29 is 27.5 Å². The van der Waals surface area contributed by atoms with E-state index in [1.165, 1.54) is 17.0 Å². The zero-order valence-corrected chi connectivity index (χ0v) is 25.8. The number of sulfonamides is 1. The highest BCUT2D eigenvalue weighted by atomic mass is 32.2. The number of methoxy groups -OCH3 is 1. The maximum absolute atomic E-state index is 14.2. The lowest BCUT2D eigenvalue weighted by Gasteiger charge is -2.33. The van der Waals surface area contributed by atoms with Gasteiger partial charge in [-0.15, -0.1) is 0 Å². The molecule has 0 aliphatic carbocycles. The first-order valence-electron chi connectivity index (χ1n) is 14.2. The molecule has 3 rings (SSSR count). The molecule has 10 heteroatoms. The molecule has 9 nitrogen and oxygen atoms in total. The van der Waals surface area contributed by atoms with Gasteiger partial charge in [-0.1, -0.05) is 44.2 Å². The predicted molar refractivity (Wildman–Crippen MR) is 164 cm³/mol. The lowest BCUT2D eigenvalue weighted by atomic mass is 10.1. The molecule has 0 fully saturated rings. The molecule has 2 atom stereocenters. The third kappa shape index (κ3) is 8.25. The Bertz CT molecular complexity index is 1410. The molecule has 0 aromatic heterocycles. The van der Waals surface area contributed by atoms with Gasteiger partial charge >= 0.3 is 0 Å². The van der Waals surface area contributed by atoms with Gasteiger partial charge in [-0.05, 0) is 80.8 Å². The van der Waals surface area contributed by atoms with Crippen molar-refractivity contribution in [2.75, 3.05) is 24.6 Å². The number of anilines is 1. The summed E-state index contributed by atoms with van der Waals surface area (Å²) in [5, 5.41) is 2.98. The van der Waals surface area contributed by atoms with E-state index in [0.29, 0.717) is 30.2 Å². The van der Waals surface area contributed by atoms with Crippen molar-refractivity contribution in [1.82, 2.24) is 10.2 Å². The van der Waals surface area contributed by atoms with Gasteiger partial charge < -0.3 is 19.7 Å². The Balaban J connectivity index is 2.03. The van der Waals surface area contributed by atoms with Crippen molar-refractivity contribution >= 4 is 27.5 Å². The molecule has 3 aromatic rings. The minimum Gasteiger partial charge on any atom is -0.497 e. The number of hydrogen-bond acceptors (Lipinski definition) is 6. The van der Waals surface area contributed by atoms with Crippen LogP contribution < -0.4 is 19.1 Å². The van der Waals surface area contributed by atoms with Crippen molar-refractivity contribution in [3.63, 3.8) is 0 Å². The number of benzene rings is 3.